The van der Waals surface area contributed by atoms with Crippen LogP contribution in [0.3, 0.4) is 0 Å². The van der Waals surface area contributed by atoms with Crippen LogP contribution in [0.5, 0.6) is 17.4 Å². The van der Waals surface area contributed by atoms with Crippen LogP contribution in [0.2, 0.25) is 0 Å². The third-order valence-corrected chi connectivity index (χ3v) is 3.12. The van der Waals surface area contributed by atoms with E-state index >= 15 is 0 Å². The molecule has 0 unspecified atom stereocenters. The molecular formula is C15H18BrN3O2. The Kier molecular flexibility index (Phi) is 5.80. The van der Waals surface area contributed by atoms with E-state index in [-0.39, 0.29) is 0 Å². The van der Waals surface area contributed by atoms with Crippen LogP contribution in [-0.2, 0) is 0 Å². The maximum absolute atomic E-state index is 5.80. The first kappa shape index (κ1) is 15.6. The van der Waals surface area contributed by atoms with E-state index < -0.39 is 0 Å². The third kappa shape index (κ3) is 4.60. The molecule has 1 aromatic heterocycles. The second-order valence-electron chi connectivity index (χ2n) is 4.28. The summed E-state index contributed by atoms with van der Waals surface area (Å²) in [4.78, 5) is 8.54. The zero-order valence-electron chi connectivity index (χ0n) is 12.1. The fourth-order valence-electron chi connectivity index (χ4n) is 1.65. The highest BCUT2D eigenvalue weighted by atomic mass is 79.9. The highest BCUT2D eigenvalue weighted by Crippen LogP contribution is 2.29. The molecule has 0 aliphatic rings. The van der Waals surface area contributed by atoms with Crippen LogP contribution in [0.15, 0.2) is 34.9 Å². The molecule has 0 aliphatic carbocycles. The first-order valence-corrected chi connectivity index (χ1v) is 7.69. The molecule has 1 aromatic carbocycles. The largest absolute Gasteiger partial charge is 0.494 e. The van der Waals surface area contributed by atoms with E-state index in [0.717, 1.165) is 18.7 Å². The van der Waals surface area contributed by atoms with Gasteiger partial charge in [0.1, 0.15) is 11.5 Å². The summed E-state index contributed by atoms with van der Waals surface area (Å²) in [6.45, 7) is 5.47. The predicted octanol–water partition coefficient (Wildman–Crippen LogP) is 4.25. The summed E-state index contributed by atoms with van der Waals surface area (Å²) in [5.41, 5.74) is 0. The van der Waals surface area contributed by atoms with E-state index in [1.165, 1.54) is 0 Å². The van der Waals surface area contributed by atoms with Gasteiger partial charge in [0.2, 0.25) is 11.8 Å². The fourth-order valence-corrected chi connectivity index (χ4v) is 1.92. The van der Waals surface area contributed by atoms with Crippen molar-refractivity contribution in [3.8, 4) is 17.4 Å². The normalized spacial score (nSPS) is 10.2. The van der Waals surface area contributed by atoms with Gasteiger partial charge in [0, 0.05) is 12.6 Å². The molecule has 0 saturated carbocycles. The Bertz CT molecular complexity index is 593. The Morgan fingerprint density at radius 3 is 2.81 bits per heavy atom. The maximum atomic E-state index is 5.80. The summed E-state index contributed by atoms with van der Waals surface area (Å²) in [6, 6.07) is 7.46. The Balaban J connectivity index is 2.16. The van der Waals surface area contributed by atoms with E-state index in [1.54, 1.807) is 6.20 Å². The minimum atomic E-state index is 0.470. The van der Waals surface area contributed by atoms with Gasteiger partial charge in [-0.3, -0.25) is 0 Å². The molecule has 0 radical (unpaired) electrons. The summed E-state index contributed by atoms with van der Waals surface area (Å²) in [5, 5.41) is 3.13. The van der Waals surface area contributed by atoms with Crippen molar-refractivity contribution in [2.24, 2.45) is 0 Å². The number of aromatic nitrogens is 2. The van der Waals surface area contributed by atoms with Crippen molar-refractivity contribution in [1.29, 1.82) is 0 Å². The lowest BCUT2D eigenvalue weighted by Gasteiger charge is -2.10. The van der Waals surface area contributed by atoms with E-state index in [1.807, 2.05) is 31.2 Å². The van der Waals surface area contributed by atoms with E-state index in [0.29, 0.717) is 28.7 Å². The van der Waals surface area contributed by atoms with Crippen molar-refractivity contribution >= 4 is 21.9 Å². The third-order valence-electron chi connectivity index (χ3n) is 2.58. The van der Waals surface area contributed by atoms with Crippen LogP contribution in [0, 0.1) is 0 Å². The van der Waals surface area contributed by atoms with Gasteiger partial charge in [0.15, 0.2) is 0 Å². The molecule has 1 heterocycles. The van der Waals surface area contributed by atoms with Gasteiger partial charge in [0.05, 0.1) is 17.3 Å². The Labute approximate surface area is 132 Å². The number of nitrogens with zero attached hydrogens (tertiary/aromatic N) is 2. The second kappa shape index (κ2) is 7.83. The highest BCUT2D eigenvalue weighted by Gasteiger charge is 2.08. The van der Waals surface area contributed by atoms with Gasteiger partial charge in [-0.25, -0.2) is 4.98 Å². The Hall–Kier alpha value is -1.82. The molecule has 0 aliphatic heterocycles. The molecule has 0 atom stereocenters. The van der Waals surface area contributed by atoms with Crippen LogP contribution in [0.4, 0.5) is 5.95 Å². The molecule has 1 N–H and O–H groups in total. The number of halogens is 1. The minimum absolute atomic E-state index is 0.470. The molecule has 0 spiro atoms. The van der Waals surface area contributed by atoms with Gasteiger partial charge in [0.25, 0.3) is 0 Å². The lowest BCUT2D eigenvalue weighted by atomic mass is 10.3. The first-order chi connectivity index (χ1) is 10.2. The van der Waals surface area contributed by atoms with Crippen molar-refractivity contribution in [2.75, 3.05) is 18.5 Å². The second-order valence-corrected chi connectivity index (χ2v) is 5.14. The smallest absolute Gasteiger partial charge is 0.238 e. The molecule has 0 fully saturated rings. The Morgan fingerprint density at radius 1 is 1.24 bits per heavy atom. The molecule has 0 bridgehead atoms. The van der Waals surface area contributed by atoms with Crippen molar-refractivity contribution in [2.45, 2.75) is 20.3 Å². The average molecular weight is 352 g/mol. The fraction of sp³-hybridized carbons (Fsp3) is 0.333. The van der Waals surface area contributed by atoms with Crippen molar-refractivity contribution in [3.63, 3.8) is 0 Å². The van der Waals surface area contributed by atoms with Crippen LogP contribution in [0.25, 0.3) is 0 Å². The number of hydrogen-bond acceptors (Lipinski definition) is 5. The topological polar surface area (TPSA) is 56.3 Å². The summed E-state index contributed by atoms with van der Waals surface area (Å²) in [7, 11) is 0. The van der Waals surface area contributed by atoms with Crippen LogP contribution in [-0.4, -0.2) is 23.1 Å². The van der Waals surface area contributed by atoms with Gasteiger partial charge in [-0.15, -0.1) is 0 Å². The maximum Gasteiger partial charge on any atom is 0.238 e. The molecule has 2 aromatic rings. The van der Waals surface area contributed by atoms with E-state index in [9.17, 15) is 0 Å². The Morgan fingerprint density at radius 2 is 2.05 bits per heavy atom. The number of rotatable bonds is 7. The molecule has 6 heteroatoms. The van der Waals surface area contributed by atoms with Crippen molar-refractivity contribution < 1.29 is 9.47 Å². The van der Waals surface area contributed by atoms with Crippen LogP contribution >= 0.6 is 15.9 Å². The number of nitrogens with one attached hydrogen (secondary N) is 1. The molecule has 0 amide bonds. The summed E-state index contributed by atoms with van der Waals surface area (Å²) < 4.78 is 12.0. The molecule has 112 valence electrons. The van der Waals surface area contributed by atoms with Gasteiger partial charge < -0.3 is 14.8 Å². The van der Waals surface area contributed by atoms with E-state index in [2.05, 4.69) is 38.1 Å². The van der Waals surface area contributed by atoms with Crippen LogP contribution in [0.1, 0.15) is 20.3 Å². The van der Waals surface area contributed by atoms with Gasteiger partial charge in [-0.2, -0.15) is 4.98 Å². The van der Waals surface area contributed by atoms with Gasteiger partial charge in [-0.05, 0) is 41.4 Å². The molecule has 5 nitrogen and oxygen atoms in total. The lowest BCUT2D eigenvalue weighted by Crippen LogP contribution is -2.05. The molecule has 2 rings (SSSR count). The number of ether oxygens (including phenoxy) is 2. The van der Waals surface area contributed by atoms with E-state index in [4.69, 9.17) is 9.47 Å². The number of hydrogen-bond donors (Lipinski definition) is 1. The van der Waals surface area contributed by atoms with Crippen molar-refractivity contribution in [3.05, 3.63) is 34.9 Å². The lowest BCUT2D eigenvalue weighted by molar-refractivity contribution is 0.338. The summed E-state index contributed by atoms with van der Waals surface area (Å²) in [5.74, 6) is 2.46. The zero-order valence-corrected chi connectivity index (χ0v) is 13.7. The quantitative estimate of drug-likeness (QED) is 0.807. The van der Waals surface area contributed by atoms with Gasteiger partial charge in [-0.1, -0.05) is 13.0 Å². The zero-order chi connectivity index (χ0) is 15.1. The summed E-state index contributed by atoms with van der Waals surface area (Å²) in [6.07, 6.45) is 2.68. The van der Waals surface area contributed by atoms with Crippen molar-refractivity contribution in [1.82, 2.24) is 9.97 Å². The summed E-state index contributed by atoms with van der Waals surface area (Å²) >= 11 is 3.40. The average Bonchev–Trinajstić information content (AvgIpc) is 2.49. The molecule has 21 heavy (non-hydrogen) atoms. The number of anilines is 1. The highest BCUT2D eigenvalue weighted by molar-refractivity contribution is 9.10. The SMILES string of the molecule is CCCNc1ncc(Br)c(Oc2cccc(OCC)c2)n1. The predicted molar refractivity (Wildman–Crippen MR) is 86.2 cm³/mol. The molecule has 0 saturated heterocycles. The minimum Gasteiger partial charge on any atom is -0.494 e. The standard InChI is InChI=1S/C15H18BrN3O2/c1-3-8-17-15-18-10-13(16)14(19-15)21-12-7-5-6-11(9-12)20-4-2/h5-7,9-10H,3-4,8H2,1-2H3,(H,17,18,19). The van der Waals surface area contributed by atoms with Gasteiger partial charge >= 0.3 is 0 Å². The monoisotopic (exact) mass is 351 g/mol. The van der Waals surface area contributed by atoms with Crippen LogP contribution < -0.4 is 14.8 Å². The first-order valence-electron chi connectivity index (χ1n) is 6.90. The number of benzene rings is 1. The molecular weight excluding hydrogens is 334 g/mol.